The van der Waals surface area contributed by atoms with Gasteiger partial charge < -0.3 is 9.64 Å². The van der Waals surface area contributed by atoms with Crippen molar-refractivity contribution in [1.82, 2.24) is 4.90 Å². The van der Waals surface area contributed by atoms with Crippen LogP contribution in [0.5, 0.6) is 0 Å². The molecule has 0 bridgehead atoms. The molecule has 3 nitrogen and oxygen atoms in total. The number of ether oxygens (including phenoxy) is 1. The maximum Gasteiger partial charge on any atom is 0.410 e. The molecule has 1 aromatic carbocycles. The van der Waals surface area contributed by atoms with Gasteiger partial charge in [0.05, 0.1) is 10.0 Å². The van der Waals surface area contributed by atoms with E-state index in [2.05, 4.69) is 6.58 Å². The zero-order valence-electron chi connectivity index (χ0n) is 13.6. The molecule has 0 aromatic heterocycles. The number of allylic oxidation sites excluding steroid dienone is 1. The molecule has 1 saturated heterocycles. The summed E-state index contributed by atoms with van der Waals surface area (Å²) in [5, 5.41) is 1.09. The van der Waals surface area contributed by atoms with E-state index >= 15 is 0 Å². The summed E-state index contributed by atoms with van der Waals surface area (Å²) in [4.78, 5) is 14.1. The third-order valence-corrected chi connectivity index (χ3v) is 5.55. The molecule has 1 saturated carbocycles. The molecule has 0 spiro atoms. The van der Waals surface area contributed by atoms with Gasteiger partial charge in [-0.05, 0) is 50.3 Å². The molecular formula is C18H21Cl2NO2. The second kappa shape index (κ2) is 5.42. The molecule has 2 aliphatic rings. The zero-order valence-corrected chi connectivity index (χ0v) is 15.1. The van der Waals surface area contributed by atoms with Crippen LogP contribution in [0.3, 0.4) is 0 Å². The number of likely N-dealkylation sites (tertiary alicyclic amines) is 1. The Morgan fingerprint density at radius 2 is 2.09 bits per heavy atom. The Bertz CT molecular complexity index is 667. The summed E-state index contributed by atoms with van der Waals surface area (Å²) in [7, 11) is 0. The molecular weight excluding hydrogens is 333 g/mol. The van der Waals surface area contributed by atoms with Crippen molar-refractivity contribution in [1.29, 1.82) is 0 Å². The molecule has 1 aliphatic carbocycles. The van der Waals surface area contributed by atoms with E-state index in [1.165, 1.54) is 0 Å². The van der Waals surface area contributed by atoms with Crippen LogP contribution in [-0.2, 0) is 10.2 Å². The molecule has 124 valence electrons. The number of piperidine rings is 1. The Kier molecular flexibility index (Phi) is 3.93. The predicted molar refractivity (Wildman–Crippen MR) is 93.1 cm³/mol. The molecule has 3 atom stereocenters. The summed E-state index contributed by atoms with van der Waals surface area (Å²) in [6.07, 6.45) is 1.73. The highest BCUT2D eigenvalue weighted by Gasteiger charge is 2.69. The van der Waals surface area contributed by atoms with Crippen LogP contribution in [0, 0.1) is 11.8 Å². The average Bonchev–Trinajstić information content (AvgIpc) is 2.87. The molecule has 2 fully saturated rings. The third-order valence-electron chi connectivity index (χ3n) is 4.81. The van der Waals surface area contributed by atoms with Crippen LogP contribution in [0.2, 0.25) is 10.0 Å². The summed E-state index contributed by atoms with van der Waals surface area (Å²) >= 11 is 12.2. The number of carbonyl (C=O) groups excluding carboxylic acids is 1. The maximum atomic E-state index is 12.3. The van der Waals surface area contributed by atoms with E-state index in [4.69, 9.17) is 27.9 Å². The Morgan fingerprint density at radius 1 is 1.39 bits per heavy atom. The number of carbonyl (C=O) groups is 1. The van der Waals surface area contributed by atoms with Crippen LogP contribution in [0.1, 0.15) is 26.3 Å². The van der Waals surface area contributed by atoms with Crippen molar-refractivity contribution in [2.45, 2.75) is 31.8 Å². The van der Waals surface area contributed by atoms with Gasteiger partial charge in [-0.1, -0.05) is 35.3 Å². The Labute approximate surface area is 147 Å². The fourth-order valence-electron chi connectivity index (χ4n) is 3.79. The number of amides is 1. The topological polar surface area (TPSA) is 29.5 Å². The van der Waals surface area contributed by atoms with E-state index in [1.54, 1.807) is 4.90 Å². The lowest BCUT2D eigenvalue weighted by molar-refractivity contribution is 0.0264. The van der Waals surface area contributed by atoms with Gasteiger partial charge in [-0.15, -0.1) is 6.58 Å². The van der Waals surface area contributed by atoms with Crippen molar-refractivity contribution in [2.75, 3.05) is 13.1 Å². The summed E-state index contributed by atoms with van der Waals surface area (Å²) in [5.41, 5.74) is 0.526. The normalized spacial score (nSPS) is 29.2. The predicted octanol–water partition coefficient (Wildman–Crippen LogP) is 4.91. The monoisotopic (exact) mass is 353 g/mol. The SMILES string of the molecule is C=CC1C2CN(C(=O)OC(C)(C)C)CC12c1ccc(Cl)c(Cl)c1. The number of benzene rings is 1. The van der Waals surface area contributed by atoms with Crippen molar-refractivity contribution in [3.05, 3.63) is 46.5 Å². The average molecular weight is 354 g/mol. The first-order chi connectivity index (χ1) is 10.7. The zero-order chi connectivity index (χ0) is 17.0. The largest absolute Gasteiger partial charge is 0.444 e. The standard InChI is InChI=1S/C18H21Cl2NO2/c1-5-12-13-9-21(16(22)23-17(2,3)4)10-18(12,13)11-6-7-14(19)15(20)8-11/h5-8,12-13H,1,9-10H2,2-4H3. The second-order valence-electron chi connectivity index (χ2n) is 7.40. The van der Waals surface area contributed by atoms with Gasteiger partial charge in [0, 0.05) is 18.5 Å². The minimum atomic E-state index is -0.488. The summed E-state index contributed by atoms with van der Waals surface area (Å²) in [6, 6.07) is 5.74. The lowest BCUT2D eigenvalue weighted by Gasteiger charge is -2.27. The van der Waals surface area contributed by atoms with Crippen LogP contribution in [0.15, 0.2) is 30.9 Å². The van der Waals surface area contributed by atoms with E-state index in [-0.39, 0.29) is 11.5 Å². The molecule has 1 aromatic rings. The Hall–Kier alpha value is -1.19. The van der Waals surface area contributed by atoms with Crippen molar-refractivity contribution in [3.63, 3.8) is 0 Å². The van der Waals surface area contributed by atoms with Gasteiger partial charge in [0.1, 0.15) is 5.60 Å². The highest BCUT2D eigenvalue weighted by molar-refractivity contribution is 6.42. The van der Waals surface area contributed by atoms with Gasteiger partial charge in [0.2, 0.25) is 0 Å². The Balaban J connectivity index is 1.85. The van der Waals surface area contributed by atoms with Gasteiger partial charge in [-0.3, -0.25) is 0 Å². The molecule has 1 heterocycles. The third kappa shape index (κ3) is 2.74. The van der Waals surface area contributed by atoms with Crippen LogP contribution in [-0.4, -0.2) is 29.7 Å². The van der Waals surface area contributed by atoms with Crippen molar-refractivity contribution < 1.29 is 9.53 Å². The number of hydrogen-bond acceptors (Lipinski definition) is 2. The van der Waals surface area contributed by atoms with Gasteiger partial charge in [-0.25, -0.2) is 4.79 Å². The molecule has 5 heteroatoms. The molecule has 0 N–H and O–H groups in total. The van der Waals surface area contributed by atoms with Crippen LogP contribution < -0.4 is 0 Å². The summed E-state index contributed by atoms with van der Waals surface area (Å²) in [5.74, 6) is 0.725. The quantitative estimate of drug-likeness (QED) is 0.706. The summed E-state index contributed by atoms with van der Waals surface area (Å²) in [6.45, 7) is 10.9. The molecule has 1 amide bonds. The van der Waals surface area contributed by atoms with Crippen LogP contribution in [0.4, 0.5) is 4.79 Å². The lowest BCUT2D eigenvalue weighted by Crippen LogP contribution is -2.38. The summed E-state index contributed by atoms with van der Waals surface area (Å²) < 4.78 is 5.50. The number of hydrogen-bond donors (Lipinski definition) is 0. The second-order valence-corrected chi connectivity index (χ2v) is 8.21. The van der Waals surface area contributed by atoms with Gasteiger partial charge in [-0.2, -0.15) is 0 Å². The van der Waals surface area contributed by atoms with E-state index < -0.39 is 5.60 Å². The fourth-order valence-corrected chi connectivity index (χ4v) is 4.09. The highest BCUT2D eigenvalue weighted by Crippen LogP contribution is 2.65. The molecule has 3 rings (SSSR count). The van der Waals surface area contributed by atoms with E-state index in [0.717, 1.165) is 5.56 Å². The highest BCUT2D eigenvalue weighted by atomic mass is 35.5. The maximum absolute atomic E-state index is 12.3. The van der Waals surface area contributed by atoms with Gasteiger partial charge in [0.25, 0.3) is 0 Å². The number of nitrogens with zero attached hydrogens (tertiary/aromatic N) is 1. The molecule has 0 radical (unpaired) electrons. The van der Waals surface area contributed by atoms with Crippen molar-refractivity contribution in [2.24, 2.45) is 11.8 Å². The van der Waals surface area contributed by atoms with Gasteiger partial charge in [0.15, 0.2) is 0 Å². The number of fused-ring (bicyclic) bond motifs is 1. The first kappa shape index (κ1) is 16.7. The van der Waals surface area contributed by atoms with Crippen LogP contribution >= 0.6 is 23.2 Å². The lowest BCUT2D eigenvalue weighted by atomic mass is 9.92. The van der Waals surface area contributed by atoms with Crippen LogP contribution in [0.25, 0.3) is 0 Å². The van der Waals surface area contributed by atoms with Crippen molar-refractivity contribution in [3.8, 4) is 0 Å². The minimum absolute atomic E-state index is 0.104. The first-order valence-electron chi connectivity index (χ1n) is 7.75. The molecule has 1 aliphatic heterocycles. The first-order valence-corrected chi connectivity index (χ1v) is 8.50. The minimum Gasteiger partial charge on any atom is -0.444 e. The smallest absolute Gasteiger partial charge is 0.410 e. The number of rotatable bonds is 2. The van der Waals surface area contributed by atoms with Crippen molar-refractivity contribution >= 4 is 29.3 Å². The molecule has 3 unspecified atom stereocenters. The molecule has 23 heavy (non-hydrogen) atoms. The fraction of sp³-hybridized carbons (Fsp3) is 0.500. The van der Waals surface area contributed by atoms with E-state index in [1.807, 2.05) is 45.0 Å². The van der Waals surface area contributed by atoms with E-state index in [9.17, 15) is 4.79 Å². The Morgan fingerprint density at radius 3 is 2.65 bits per heavy atom. The van der Waals surface area contributed by atoms with Gasteiger partial charge >= 0.3 is 6.09 Å². The van der Waals surface area contributed by atoms with E-state index in [0.29, 0.717) is 35.0 Å². The number of halogens is 2.